The van der Waals surface area contributed by atoms with Crippen LogP contribution in [0.5, 0.6) is 0 Å². The van der Waals surface area contributed by atoms with Gasteiger partial charge in [-0.25, -0.2) is 4.39 Å². The molecule has 1 amide bonds. The van der Waals surface area contributed by atoms with Gasteiger partial charge in [-0.2, -0.15) is 5.10 Å². The van der Waals surface area contributed by atoms with Crippen molar-refractivity contribution < 1.29 is 13.9 Å². The normalized spacial score (nSPS) is 17.5. The van der Waals surface area contributed by atoms with Crippen LogP contribution in [0, 0.1) is 5.82 Å². The van der Waals surface area contributed by atoms with Gasteiger partial charge in [0.25, 0.3) is 5.91 Å². The number of ether oxygens (including phenoxy) is 1. The van der Waals surface area contributed by atoms with Gasteiger partial charge in [-0.05, 0) is 22.0 Å². The Morgan fingerprint density at radius 3 is 3.14 bits per heavy atom. The van der Waals surface area contributed by atoms with Crippen LogP contribution < -0.4 is 5.32 Å². The molecule has 6 nitrogen and oxygen atoms in total. The van der Waals surface area contributed by atoms with Crippen molar-refractivity contribution >= 4 is 21.8 Å². The zero-order valence-corrected chi connectivity index (χ0v) is 12.7. The fourth-order valence-corrected chi connectivity index (χ4v) is 2.98. The quantitative estimate of drug-likeness (QED) is 0.911. The first kappa shape index (κ1) is 14.2. The smallest absolute Gasteiger partial charge is 0.270 e. The third-order valence-electron chi connectivity index (χ3n) is 3.30. The highest BCUT2D eigenvalue weighted by molar-refractivity contribution is 9.10. The predicted molar refractivity (Wildman–Crippen MR) is 76.4 cm³/mol. The Kier molecular flexibility index (Phi) is 3.73. The molecule has 1 aliphatic heterocycles. The molecule has 2 aromatic rings. The maximum Gasteiger partial charge on any atom is 0.270 e. The standard InChI is InChI=1S/C13H12BrFN4O2/c1-21-6-7-4-17-13(20)12-10(14)11(18-19(7)12)8-2-3-16-5-9(8)15/h2-3,5,7H,4,6H2,1H3,(H,17,20)/t7-/m0/s1. The molecule has 0 fully saturated rings. The van der Waals surface area contributed by atoms with Crippen molar-refractivity contribution in [3.63, 3.8) is 0 Å². The van der Waals surface area contributed by atoms with E-state index in [9.17, 15) is 9.18 Å². The van der Waals surface area contributed by atoms with Gasteiger partial charge in [0.15, 0.2) is 5.82 Å². The number of amides is 1. The zero-order valence-electron chi connectivity index (χ0n) is 11.1. The summed E-state index contributed by atoms with van der Waals surface area (Å²) >= 11 is 3.35. The van der Waals surface area contributed by atoms with E-state index >= 15 is 0 Å². The Balaban J connectivity index is 2.15. The Morgan fingerprint density at radius 1 is 1.62 bits per heavy atom. The number of halogens is 2. The lowest BCUT2D eigenvalue weighted by Crippen LogP contribution is -2.41. The number of fused-ring (bicyclic) bond motifs is 1. The predicted octanol–water partition coefficient (Wildman–Crippen LogP) is 1.78. The number of carbonyl (C=O) groups is 1. The van der Waals surface area contributed by atoms with E-state index in [0.717, 1.165) is 6.20 Å². The van der Waals surface area contributed by atoms with Crippen LogP contribution in [-0.2, 0) is 4.74 Å². The Morgan fingerprint density at radius 2 is 2.43 bits per heavy atom. The summed E-state index contributed by atoms with van der Waals surface area (Å²) in [6.45, 7) is 0.825. The van der Waals surface area contributed by atoms with Crippen LogP contribution in [0.3, 0.4) is 0 Å². The fraction of sp³-hybridized carbons (Fsp3) is 0.308. The fourth-order valence-electron chi connectivity index (χ4n) is 2.32. The van der Waals surface area contributed by atoms with Crippen molar-refractivity contribution in [2.45, 2.75) is 6.04 Å². The molecule has 3 heterocycles. The van der Waals surface area contributed by atoms with Crippen LogP contribution in [0.15, 0.2) is 22.9 Å². The number of hydrogen-bond donors (Lipinski definition) is 1. The van der Waals surface area contributed by atoms with Crippen LogP contribution in [0.1, 0.15) is 16.5 Å². The average Bonchev–Trinajstić information content (AvgIpc) is 2.81. The number of carbonyl (C=O) groups excluding carboxylic acids is 1. The number of methoxy groups -OCH3 is 1. The minimum Gasteiger partial charge on any atom is -0.382 e. The van der Waals surface area contributed by atoms with Crippen molar-refractivity contribution in [3.8, 4) is 11.3 Å². The van der Waals surface area contributed by atoms with Crippen LogP contribution in [0.4, 0.5) is 4.39 Å². The van der Waals surface area contributed by atoms with E-state index in [2.05, 4.69) is 31.3 Å². The van der Waals surface area contributed by atoms with E-state index in [4.69, 9.17) is 4.74 Å². The van der Waals surface area contributed by atoms with Gasteiger partial charge in [0, 0.05) is 25.4 Å². The summed E-state index contributed by atoms with van der Waals surface area (Å²) < 4.78 is 21.1. The van der Waals surface area contributed by atoms with Gasteiger partial charge in [-0.3, -0.25) is 14.5 Å². The second-order valence-corrected chi connectivity index (χ2v) is 5.42. The monoisotopic (exact) mass is 354 g/mol. The van der Waals surface area contributed by atoms with Gasteiger partial charge in [0.05, 0.1) is 23.3 Å². The minimum atomic E-state index is -0.489. The molecule has 0 aliphatic carbocycles. The van der Waals surface area contributed by atoms with Crippen molar-refractivity contribution in [2.24, 2.45) is 0 Å². The summed E-state index contributed by atoms with van der Waals surface area (Å²) in [5, 5.41) is 7.17. The molecule has 1 aliphatic rings. The topological polar surface area (TPSA) is 69.0 Å². The van der Waals surface area contributed by atoms with Gasteiger partial charge >= 0.3 is 0 Å². The Bertz CT molecular complexity index is 703. The maximum atomic E-state index is 13.9. The molecule has 0 spiro atoms. The molecule has 2 aromatic heterocycles. The van der Waals surface area contributed by atoms with Crippen LogP contribution in [0.25, 0.3) is 11.3 Å². The number of pyridine rings is 1. The summed E-state index contributed by atoms with van der Waals surface area (Å²) in [6.07, 6.45) is 2.60. The number of nitrogens with zero attached hydrogens (tertiary/aromatic N) is 3. The first-order valence-electron chi connectivity index (χ1n) is 6.28. The van der Waals surface area contributed by atoms with Crippen LogP contribution in [-0.4, -0.2) is 40.9 Å². The van der Waals surface area contributed by atoms with E-state index in [0.29, 0.717) is 34.6 Å². The highest BCUT2D eigenvalue weighted by atomic mass is 79.9. The molecule has 1 atom stereocenters. The second kappa shape index (κ2) is 5.53. The lowest BCUT2D eigenvalue weighted by molar-refractivity contribution is 0.0860. The molecule has 21 heavy (non-hydrogen) atoms. The first-order chi connectivity index (χ1) is 10.1. The van der Waals surface area contributed by atoms with Crippen LogP contribution in [0.2, 0.25) is 0 Å². The molecule has 0 unspecified atom stereocenters. The second-order valence-electron chi connectivity index (χ2n) is 4.63. The molecular formula is C13H12BrFN4O2. The molecule has 110 valence electrons. The SMILES string of the molecule is COC[C@@H]1CNC(=O)c2c(Br)c(-c3ccncc3F)nn21. The molecule has 0 bridgehead atoms. The summed E-state index contributed by atoms with van der Waals surface area (Å²) in [5.74, 6) is -0.736. The molecule has 0 saturated heterocycles. The molecular weight excluding hydrogens is 343 g/mol. The number of nitrogens with one attached hydrogen (secondary N) is 1. The highest BCUT2D eigenvalue weighted by Crippen LogP contribution is 2.34. The lowest BCUT2D eigenvalue weighted by atomic mass is 10.1. The van der Waals surface area contributed by atoms with E-state index in [1.165, 1.54) is 12.3 Å². The minimum absolute atomic E-state index is 0.127. The van der Waals surface area contributed by atoms with E-state index in [1.807, 2.05) is 0 Å². The third-order valence-corrected chi connectivity index (χ3v) is 4.05. The summed E-state index contributed by atoms with van der Waals surface area (Å²) in [7, 11) is 1.58. The van der Waals surface area contributed by atoms with Gasteiger partial charge in [0.1, 0.15) is 11.4 Å². The first-order valence-corrected chi connectivity index (χ1v) is 7.07. The summed E-state index contributed by atoms with van der Waals surface area (Å²) in [5.41, 5.74) is 1.04. The molecule has 3 rings (SSSR count). The summed E-state index contributed by atoms with van der Waals surface area (Å²) in [6, 6.07) is 1.40. The van der Waals surface area contributed by atoms with Crippen molar-refractivity contribution in [2.75, 3.05) is 20.3 Å². The molecule has 8 heteroatoms. The third kappa shape index (κ3) is 2.34. The maximum absolute atomic E-state index is 13.9. The average molecular weight is 355 g/mol. The van der Waals surface area contributed by atoms with Gasteiger partial charge in [-0.15, -0.1) is 0 Å². The Hall–Kier alpha value is -1.80. The molecule has 0 radical (unpaired) electrons. The van der Waals surface area contributed by atoms with Crippen molar-refractivity contribution in [1.82, 2.24) is 20.1 Å². The summed E-state index contributed by atoms with van der Waals surface area (Å²) in [4.78, 5) is 15.8. The van der Waals surface area contributed by atoms with E-state index in [-0.39, 0.29) is 11.9 Å². The van der Waals surface area contributed by atoms with Gasteiger partial charge in [-0.1, -0.05) is 0 Å². The van der Waals surface area contributed by atoms with E-state index < -0.39 is 5.82 Å². The van der Waals surface area contributed by atoms with E-state index in [1.54, 1.807) is 11.8 Å². The number of hydrogen-bond acceptors (Lipinski definition) is 4. The zero-order chi connectivity index (χ0) is 15.0. The van der Waals surface area contributed by atoms with Gasteiger partial charge in [0.2, 0.25) is 0 Å². The van der Waals surface area contributed by atoms with Crippen molar-refractivity contribution in [1.29, 1.82) is 0 Å². The lowest BCUT2D eigenvalue weighted by Gasteiger charge is -2.24. The van der Waals surface area contributed by atoms with Gasteiger partial charge < -0.3 is 10.1 Å². The Labute approximate surface area is 128 Å². The molecule has 0 saturated carbocycles. The van der Waals surface area contributed by atoms with Crippen molar-refractivity contribution in [3.05, 3.63) is 34.4 Å². The van der Waals surface area contributed by atoms with Crippen LogP contribution >= 0.6 is 15.9 Å². The number of rotatable bonds is 3. The molecule has 1 N–H and O–H groups in total. The highest BCUT2D eigenvalue weighted by Gasteiger charge is 2.31. The number of aromatic nitrogens is 3. The molecule has 0 aromatic carbocycles. The largest absolute Gasteiger partial charge is 0.382 e.